The average Bonchev–Trinajstić information content (AvgIpc) is 3.51. The van der Waals surface area contributed by atoms with E-state index in [1.165, 1.54) is 17.5 Å². The Balaban J connectivity index is 1.59. The molecular formula is C25H28N4O4S2. The van der Waals surface area contributed by atoms with Gasteiger partial charge in [0.25, 0.3) is 5.91 Å². The monoisotopic (exact) mass is 512 g/mol. The van der Waals surface area contributed by atoms with Gasteiger partial charge in [-0.2, -0.15) is 0 Å². The largest absolute Gasteiger partial charge is 0.477 e. The number of thiophene rings is 1. The Labute approximate surface area is 212 Å². The van der Waals surface area contributed by atoms with Crippen molar-refractivity contribution in [2.45, 2.75) is 52.5 Å². The highest BCUT2D eigenvalue weighted by Gasteiger charge is 2.33. The molecule has 0 bridgehead atoms. The van der Waals surface area contributed by atoms with Gasteiger partial charge in [0.2, 0.25) is 5.91 Å². The van der Waals surface area contributed by atoms with E-state index in [1.54, 1.807) is 34.0 Å². The summed E-state index contributed by atoms with van der Waals surface area (Å²) in [4.78, 5) is 48.6. The number of anilines is 2. The van der Waals surface area contributed by atoms with E-state index < -0.39 is 5.97 Å². The molecule has 0 saturated heterocycles. The molecule has 1 aliphatic carbocycles. The molecule has 0 unspecified atom stereocenters. The molecule has 35 heavy (non-hydrogen) atoms. The lowest BCUT2D eigenvalue weighted by Crippen LogP contribution is -2.42. The molecule has 3 heterocycles. The van der Waals surface area contributed by atoms with E-state index in [2.05, 4.69) is 22.2 Å². The molecule has 0 radical (unpaired) electrons. The van der Waals surface area contributed by atoms with Crippen molar-refractivity contribution in [3.05, 3.63) is 45.9 Å². The summed E-state index contributed by atoms with van der Waals surface area (Å²) in [5, 5.41) is 14.3. The Morgan fingerprint density at radius 3 is 2.46 bits per heavy atom. The van der Waals surface area contributed by atoms with Crippen molar-refractivity contribution in [3.63, 3.8) is 0 Å². The van der Waals surface area contributed by atoms with Crippen LogP contribution in [0.4, 0.5) is 11.4 Å². The smallest absolute Gasteiger partial charge is 0.348 e. The van der Waals surface area contributed by atoms with Crippen LogP contribution in [0, 0.1) is 11.8 Å². The highest BCUT2D eigenvalue weighted by Crippen LogP contribution is 2.39. The highest BCUT2D eigenvalue weighted by molar-refractivity contribution is 7.18. The van der Waals surface area contributed by atoms with E-state index in [9.17, 15) is 19.5 Å². The zero-order chi connectivity index (χ0) is 25.1. The van der Waals surface area contributed by atoms with Crippen LogP contribution in [0.5, 0.6) is 0 Å². The Kier molecular flexibility index (Phi) is 7.61. The van der Waals surface area contributed by atoms with Crippen LogP contribution in [0.15, 0.2) is 35.3 Å². The summed E-state index contributed by atoms with van der Waals surface area (Å²) in [6.45, 7) is 6.02. The second-order valence-electron chi connectivity index (χ2n) is 9.15. The van der Waals surface area contributed by atoms with Crippen LogP contribution in [-0.4, -0.2) is 38.9 Å². The number of thiazole rings is 1. The number of amides is 2. The van der Waals surface area contributed by atoms with Crippen LogP contribution in [-0.2, 0) is 4.79 Å². The maximum Gasteiger partial charge on any atom is 0.348 e. The van der Waals surface area contributed by atoms with Crippen molar-refractivity contribution in [1.82, 2.24) is 9.97 Å². The van der Waals surface area contributed by atoms with E-state index in [1.807, 2.05) is 13.8 Å². The summed E-state index contributed by atoms with van der Waals surface area (Å²) < 4.78 is 0. The van der Waals surface area contributed by atoms with Gasteiger partial charge in [0.1, 0.15) is 10.6 Å². The van der Waals surface area contributed by atoms with Crippen molar-refractivity contribution in [3.8, 4) is 10.6 Å². The minimum absolute atomic E-state index is 0.00758. The van der Waals surface area contributed by atoms with Crippen LogP contribution in [0.2, 0.25) is 0 Å². The SMILES string of the molecule is CC(C)N(c1cc(-c2ccc(NC(=O)c3cscn3)cn2)sc1C(=O)O)C(=O)[C@H]1CC[C@H](C)CC1. The number of hydrogen-bond acceptors (Lipinski definition) is 7. The van der Waals surface area contributed by atoms with Gasteiger partial charge in [-0.25, -0.2) is 9.78 Å². The maximum atomic E-state index is 13.5. The first-order valence-electron chi connectivity index (χ1n) is 11.6. The van der Waals surface area contributed by atoms with Gasteiger partial charge in [-0.05, 0) is 63.6 Å². The van der Waals surface area contributed by atoms with Crippen molar-refractivity contribution < 1.29 is 19.5 Å². The van der Waals surface area contributed by atoms with Crippen LogP contribution in [0.3, 0.4) is 0 Å². The maximum absolute atomic E-state index is 13.5. The number of pyridine rings is 1. The third kappa shape index (κ3) is 5.59. The van der Waals surface area contributed by atoms with E-state index in [-0.39, 0.29) is 28.7 Å². The number of aromatic nitrogens is 2. The summed E-state index contributed by atoms with van der Waals surface area (Å²) in [5.41, 5.74) is 3.41. The van der Waals surface area contributed by atoms with Gasteiger partial charge in [0, 0.05) is 17.3 Å². The number of carbonyl (C=O) groups excluding carboxylic acids is 2. The Hall–Kier alpha value is -3.11. The fourth-order valence-corrected chi connectivity index (χ4v) is 5.83. The number of hydrogen-bond donors (Lipinski definition) is 2. The normalized spacial score (nSPS) is 17.8. The van der Waals surface area contributed by atoms with E-state index in [0.29, 0.717) is 33.6 Å². The molecule has 0 aliphatic heterocycles. The number of carboxylic acid groups (broad SMARTS) is 1. The lowest BCUT2D eigenvalue weighted by Gasteiger charge is -2.33. The number of nitrogens with zero attached hydrogens (tertiary/aromatic N) is 3. The summed E-state index contributed by atoms with van der Waals surface area (Å²) in [6, 6.07) is 5.00. The van der Waals surface area contributed by atoms with Crippen LogP contribution in [0.1, 0.15) is 66.6 Å². The molecule has 4 rings (SSSR count). The number of nitrogens with one attached hydrogen (secondary N) is 1. The molecule has 1 fully saturated rings. The lowest BCUT2D eigenvalue weighted by molar-refractivity contribution is -0.123. The highest BCUT2D eigenvalue weighted by atomic mass is 32.1. The van der Waals surface area contributed by atoms with E-state index >= 15 is 0 Å². The van der Waals surface area contributed by atoms with Gasteiger partial charge >= 0.3 is 5.97 Å². The minimum atomic E-state index is -1.07. The van der Waals surface area contributed by atoms with Gasteiger partial charge in [-0.3, -0.25) is 14.6 Å². The molecule has 2 N–H and O–H groups in total. The molecule has 10 heteroatoms. The molecule has 0 aromatic carbocycles. The molecule has 0 spiro atoms. The molecule has 1 saturated carbocycles. The van der Waals surface area contributed by atoms with E-state index in [0.717, 1.165) is 37.0 Å². The third-order valence-electron chi connectivity index (χ3n) is 6.22. The number of rotatable bonds is 7. The van der Waals surface area contributed by atoms with Gasteiger partial charge in [0.05, 0.1) is 33.7 Å². The zero-order valence-electron chi connectivity index (χ0n) is 19.9. The molecule has 3 aromatic rings. The standard InChI is InChI=1S/C25H28N4O4S2/c1-14(2)29(24(31)16-6-4-15(3)5-7-16)20-10-21(35-22(20)25(32)33)18-9-8-17(11-26-18)28-23(30)19-12-34-13-27-19/h8-16H,4-7H2,1-3H3,(H,28,30)(H,32,33)/t15-,16-. The molecule has 1 aliphatic rings. The first-order chi connectivity index (χ1) is 16.7. The Morgan fingerprint density at radius 1 is 1.14 bits per heavy atom. The fourth-order valence-electron chi connectivity index (χ4n) is 4.33. The Bertz CT molecular complexity index is 1200. The average molecular weight is 513 g/mol. The molecule has 2 amide bonds. The summed E-state index contributed by atoms with van der Waals surface area (Å²) in [6.07, 6.45) is 5.21. The van der Waals surface area contributed by atoms with Crippen LogP contribution < -0.4 is 10.2 Å². The topological polar surface area (TPSA) is 112 Å². The predicted octanol–water partition coefficient (Wildman–Crippen LogP) is 5.78. The van der Waals surface area contributed by atoms with Gasteiger partial charge in [-0.1, -0.05) is 6.92 Å². The fraction of sp³-hybridized carbons (Fsp3) is 0.400. The molecule has 0 atom stereocenters. The first-order valence-corrected chi connectivity index (χ1v) is 13.4. The summed E-state index contributed by atoms with van der Waals surface area (Å²) >= 11 is 2.43. The summed E-state index contributed by atoms with van der Waals surface area (Å²) in [7, 11) is 0. The number of carbonyl (C=O) groups is 3. The number of carboxylic acids is 1. The first kappa shape index (κ1) is 25.0. The zero-order valence-corrected chi connectivity index (χ0v) is 21.5. The molecule has 8 nitrogen and oxygen atoms in total. The predicted molar refractivity (Wildman–Crippen MR) is 138 cm³/mol. The third-order valence-corrected chi connectivity index (χ3v) is 7.95. The van der Waals surface area contributed by atoms with Crippen molar-refractivity contribution in [1.29, 1.82) is 0 Å². The number of aromatic carboxylic acids is 1. The van der Waals surface area contributed by atoms with Crippen LogP contribution >= 0.6 is 22.7 Å². The Morgan fingerprint density at radius 2 is 1.89 bits per heavy atom. The minimum Gasteiger partial charge on any atom is -0.477 e. The second-order valence-corrected chi connectivity index (χ2v) is 10.9. The van der Waals surface area contributed by atoms with Gasteiger partial charge in [-0.15, -0.1) is 22.7 Å². The van der Waals surface area contributed by atoms with Crippen molar-refractivity contribution in [2.24, 2.45) is 11.8 Å². The summed E-state index contributed by atoms with van der Waals surface area (Å²) in [5.74, 6) is -0.868. The van der Waals surface area contributed by atoms with Gasteiger partial charge in [0.15, 0.2) is 0 Å². The molecule has 3 aromatic heterocycles. The lowest BCUT2D eigenvalue weighted by atomic mass is 9.82. The van der Waals surface area contributed by atoms with Crippen molar-refractivity contribution in [2.75, 3.05) is 10.2 Å². The van der Waals surface area contributed by atoms with E-state index in [4.69, 9.17) is 0 Å². The van der Waals surface area contributed by atoms with Gasteiger partial charge < -0.3 is 15.3 Å². The van der Waals surface area contributed by atoms with Crippen LogP contribution in [0.25, 0.3) is 10.6 Å². The van der Waals surface area contributed by atoms with Crippen molar-refractivity contribution >= 4 is 51.8 Å². The molecule has 184 valence electrons. The second kappa shape index (κ2) is 10.7. The quantitative estimate of drug-likeness (QED) is 0.415. The molecular weight excluding hydrogens is 484 g/mol.